The highest BCUT2D eigenvalue weighted by atomic mass is 16.8. The van der Waals surface area contributed by atoms with Crippen molar-refractivity contribution in [2.45, 2.75) is 30.7 Å². The van der Waals surface area contributed by atoms with E-state index in [9.17, 15) is 15.3 Å². The minimum atomic E-state index is -1.49. The van der Waals surface area contributed by atoms with Gasteiger partial charge in [-0.05, 0) is 17.7 Å². The van der Waals surface area contributed by atoms with Crippen LogP contribution in [0.5, 0.6) is 0 Å². The van der Waals surface area contributed by atoms with Crippen LogP contribution in [0.25, 0.3) is 0 Å². The lowest BCUT2D eigenvalue weighted by Gasteiger charge is -2.38. The molecule has 128 valence electrons. The van der Waals surface area contributed by atoms with Crippen molar-refractivity contribution in [3.63, 3.8) is 0 Å². The zero-order chi connectivity index (χ0) is 17.0. The maximum atomic E-state index is 9.79. The van der Waals surface area contributed by atoms with Crippen molar-refractivity contribution < 1.29 is 30.0 Å². The first kappa shape index (κ1) is 17.6. The molecule has 1 saturated heterocycles. The molecule has 1 aromatic carbocycles. The number of oxime groups is 1. The lowest BCUT2D eigenvalue weighted by atomic mass is 9.99. The molecule has 5 atom stereocenters. The average molecular weight is 326 g/mol. The van der Waals surface area contributed by atoms with E-state index in [2.05, 4.69) is 5.16 Å². The second-order valence-corrected chi connectivity index (χ2v) is 5.52. The third-order valence-electron chi connectivity index (χ3n) is 3.62. The first-order valence-electron chi connectivity index (χ1n) is 7.21. The van der Waals surface area contributed by atoms with E-state index in [1.54, 1.807) is 0 Å². The molecule has 8 heteroatoms. The highest BCUT2D eigenvalue weighted by Gasteiger charge is 2.44. The molecular weight excluding hydrogens is 304 g/mol. The Labute approximate surface area is 134 Å². The second kappa shape index (κ2) is 7.71. The standard InChI is InChI=1S/C15H22N2O6/c1-17(2)10-5-3-9(4-6-10)7-16-23-15-14(21)13(20)12(19)11(8-18)22-15/h3-7,11-15,18-21H,8H2,1-2H3/b16-7+/t11?,12?,13-,14?,15-/m0/s1. The summed E-state index contributed by atoms with van der Waals surface area (Å²) in [7, 11) is 3.87. The van der Waals surface area contributed by atoms with Gasteiger partial charge in [-0.3, -0.25) is 0 Å². The minimum Gasteiger partial charge on any atom is -0.394 e. The van der Waals surface area contributed by atoms with Crippen molar-refractivity contribution in [3.05, 3.63) is 29.8 Å². The highest BCUT2D eigenvalue weighted by molar-refractivity contribution is 5.79. The van der Waals surface area contributed by atoms with E-state index < -0.39 is 37.3 Å². The Hall–Kier alpha value is -1.71. The van der Waals surface area contributed by atoms with Gasteiger partial charge < -0.3 is 34.9 Å². The van der Waals surface area contributed by atoms with E-state index in [0.29, 0.717) is 0 Å². The van der Waals surface area contributed by atoms with Crippen LogP contribution in [0.3, 0.4) is 0 Å². The van der Waals surface area contributed by atoms with Crippen LogP contribution in [0.4, 0.5) is 5.69 Å². The number of hydrogen-bond acceptors (Lipinski definition) is 8. The van der Waals surface area contributed by atoms with Gasteiger partial charge in [-0.25, -0.2) is 0 Å². The monoisotopic (exact) mass is 326 g/mol. The number of hydrogen-bond donors (Lipinski definition) is 4. The number of ether oxygens (including phenoxy) is 1. The van der Waals surface area contributed by atoms with Gasteiger partial charge in [0.25, 0.3) is 6.29 Å². The Morgan fingerprint density at radius 2 is 1.78 bits per heavy atom. The highest BCUT2D eigenvalue weighted by Crippen LogP contribution is 2.22. The van der Waals surface area contributed by atoms with Crippen LogP contribution in [0, 0.1) is 0 Å². The Balaban J connectivity index is 1.96. The van der Waals surface area contributed by atoms with Crippen molar-refractivity contribution in [3.8, 4) is 0 Å². The molecule has 1 heterocycles. The van der Waals surface area contributed by atoms with Crippen LogP contribution < -0.4 is 4.90 Å². The van der Waals surface area contributed by atoms with E-state index in [1.165, 1.54) is 6.21 Å². The predicted molar refractivity (Wildman–Crippen MR) is 83.2 cm³/mol. The Kier molecular flexibility index (Phi) is 5.91. The summed E-state index contributed by atoms with van der Waals surface area (Å²) in [4.78, 5) is 7.00. The first-order valence-corrected chi connectivity index (χ1v) is 7.21. The Bertz CT molecular complexity index is 519. The summed E-state index contributed by atoms with van der Waals surface area (Å²) in [5.41, 5.74) is 1.82. The lowest BCUT2D eigenvalue weighted by molar-refractivity contribution is -0.301. The van der Waals surface area contributed by atoms with Crippen molar-refractivity contribution in [2.24, 2.45) is 5.16 Å². The zero-order valence-electron chi connectivity index (χ0n) is 13.0. The van der Waals surface area contributed by atoms with Crippen molar-refractivity contribution >= 4 is 11.9 Å². The van der Waals surface area contributed by atoms with Crippen LogP contribution in [-0.4, -0.2) is 78.0 Å². The molecule has 0 bridgehead atoms. The fourth-order valence-corrected chi connectivity index (χ4v) is 2.16. The summed E-state index contributed by atoms with van der Waals surface area (Å²) < 4.78 is 5.17. The molecule has 0 radical (unpaired) electrons. The first-order chi connectivity index (χ1) is 10.9. The van der Waals surface area contributed by atoms with Gasteiger partial charge in [-0.1, -0.05) is 17.3 Å². The Morgan fingerprint density at radius 3 is 2.35 bits per heavy atom. The molecular formula is C15H22N2O6. The van der Waals surface area contributed by atoms with Crippen LogP contribution in [0.1, 0.15) is 5.56 Å². The summed E-state index contributed by atoms with van der Waals surface area (Å²) in [5, 5.41) is 41.9. The van der Waals surface area contributed by atoms with E-state index in [4.69, 9.17) is 14.7 Å². The van der Waals surface area contributed by atoms with Crippen LogP contribution in [0.15, 0.2) is 29.4 Å². The minimum absolute atomic E-state index is 0.513. The number of benzene rings is 1. The largest absolute Gasteiger partial charge is 0.394 e. The van der Waals surface area contributed by atoms with Gasteiger partial charge in [0, 0.05) is 19.8 Å². The lowest BCUT2D eigenvalue weighted by Crippen LogP contribution is -2.58. The summed E-state index contributed by atoms with van der Waals surface area (Å²) in [6.45, 7) is -0.513. The second-order valence-electron chi connectivity index (χ2n) is 5.52. The number of aliphatic hydroxyl groups excluding tert-OH is 4. The summed E-state index contributed by atoms with van der Waals surface area (Å²) in [6.07, 6.45) is -5.24. The van der Waals surface area contributed by atoms with E-state index in [0.717, 1.165) is 11.3 Å². The number of aliphatic hydroxyl groups is 4. The van der Waals surface area contributed by atoms with Gasteiger partial charge in [-0.15, -0.1) is 0 Å². The molecule has 23 heavy (non-hydrogen) atoms. The van der Waals surface area contributed by atoms with Gasteiger partial charge in [0.2, 0.25) is 0 Å². The summed E-state index contributed by atoms with van der Waals surface area (Å²) in [6, 6.07) is 7.51. The van der Waals surface area contributed by atoms with Gasteiger partial charge in [-0.2, -0.15) is 0 Å². The maximum Gasteiger partial charge on any atom is 0.256 e. The quantitative estimate of drug-likeness (QED) is 0.401. The average Bonchev–Trinajstić information content (AvgIpc) is 2.55. The van der Waals surface area contributed by atoms with Gasteiger partial charge in [0.1, 0.15) is 24.4 Å². The van der Waals surface area contributed by atoms with Gasteiger partial charge in [0.15, 0.2) is 0 Å². The molecule has 3 unspecified atom stereocenters. The number of rotatable bonds is 5. The van der Waals surface area contributed by atoms with E-state index >= 15 is 0 Å². The molecule has 0 aliphatic carbocycles. The van der Waals surface area contributed by atoms with E-state index in [-0.39, 0.29) is 0 Å². The summed E-state index contributed by atoms with van der Waals surface area (Å²) >= 11 is 0. The SMILES string of the molecule is CN(C)c1ccc(/C=N/O[C@@H]2OC(CO)C(O)[C@H](O)C2O)cc1. The van der Waals surface area contributed by atoms with Crippen LogP contribution >= 0.6 is 0 Å². The normalized spacial score (nSPS) is 31.3. The third-order valence-corrected chi connectivity index (χ3v) is 3.62. The maximum absolute atomic E-state index is 9.79. The Morgan fingerprint density at radius 1 is 1.13 bits per heavy atom. The molecule has 2 rings (SSSR count). The van der Waals surface area contributed by atoms with Crippen molar-refractivity contribution in [1.82, 2.24) is 0 Å². The van der Waals surface area contributed by atoms with E-state index in [1.807, 2.05) is 43.3 Å². The molecule has 1 aliphatic heterocycles. The molecule has 1 fully saturated rings. The van der Waals surface area contributed by atoms with Gasteiger partial charge in [0.05, 0.1) is 12.8 Å². The molecule has 1 aromatic rings. The summed E-state index contributed by atoms with van der Waals surface area (Å²) in [5.74, 6) is 0. The number of anilines is 1. The fourth-order valence-electron chi connectivity index (χ4n) is 2.16. The molecule has 0 aromatic heterocycles. The van der Waals surface area contributed by atoms with Crippen molar-refractivity contribution in [1.29, 1.82) is 0 Å². The van der Waals surface area contributed by atoms with Crippen LogP contribution in [-0.2, 0) is 9.57 Å². The smallest absolute Gasteiger partial charge is 0.256 e. The fraction of sp³-hybridized carbons (Fsp3) is 0.533. The molecule has 8 nitrogen and oxygen atoms in total. The van der Waals surface area contributed by atoms with Crippen LogP contribution in [0.2, 0.25) is 0 Å². The molecule has 1 aliphatic rings. The topological polar surface area (TPSA) is 115 Å². The molecule has 0 amide bonds. The third kappa shape index (κ3) is 4.18. The van der Waals surface area contributed by atoms with Crippen molar-refractivity contribution in [2.75, 3.05) is 25.6 Å². The molecule has 4 N–H and O–H groups in total. The zero-order valence-corrected chi connectivity index (χ0v) is 13.0. The molecule has 0 spiro atoms. The predicted octanol–water partition coefficient (Wildman–Crippen LogP) is -1.10. The molecule has 0 saturated carbocycles. The van der Waals surface area contributed by atoms with Gasteiger partial charge >= 0.3 is 0 Å². The number of nitrogens with zero attached hydrogens (tertiary/aromatic N) is 2.